The monoisotopic (exact) mass is 323 g/mol. The van der Waals surface area contributed by atoms with Crippen molar-refractivity contribution in [3.8, 4) is 0 Å². The number of benzene rings is 1. The number of rotatable bonds is 3. The number of hydrogen-bond donors (Lipinski definition) is 1. The van der Waals surface area contributed by atoms with Crippen LogP contribution in [-0.2, 0) is 6.54 Å². The van der Waals surface area contributed by atoms with Crippen LogP contribution in [0.2, 0.25) is 5.02 Å². The summed E-state index contributed by atoms with van der Waals surface area (Å²) in [4.78, 5) is 6.73. The zero-order valence-corrected chi connectivity index (χ0v) is 13.3. The molecule has 5 heteroatoms. The van der Waals surface area contributed by atoms with Crippen molar-refractivity contribution in [1.82, 2.24) is 15.2 Å². The summed E-state index contributed by atoms with van der Waals surface area (Å²) >= 11 is 6.08. The van der Waals surface area contributed by atoms with E-state index >= 15 is 0 Å². The van der Waals surface area contributed by atoms with E-state index in [9.17, 15) is 0 Å². The fourth-order valence-electron chi connectivity index (χ4n) is 2.71. The van der Waals surface area contributed by atoms with Crippen LogP contribution < -0.4 is 5.32 Å². The Hall–Kier alpha value is -1.13. The first-order valence-corrected chi connectivity index (χ1v) is 7.30. The molecule has 2 aromatic rings. The molecule has 1 aliphatic rings. The van der Waals surface area contributed by atoms with Crippen LogP contribution >= 0.6 is 24.0 Å². The maximum atomic E-state index is 6.08. The van der Waals surface area contributed by atoms with Crippen molar-refractivity contribution in [2.75, 3.05) is 19.6 Å². The average Bonchev–Trinajstić information content (AvgIpc) is 2.49. The minimum atomic E-state index is 0. The number of halogens is 2. The van der Waals surface area contributed by atoms with Gasteiger partial charge in [-0.05, 0) is 29.3 Å². The smallest absolute Gasteiger partial charge is 0.0491 e. The Bertz CT molecular complexity index is 562. The number of piperazine rings is 1. The van der Waals surface area contributed by atoms with E-state index in [1.165, 1.54) is 11.1 Å². The van der Waals surface area contributed by atoms with Gasteiger partial charge in [-0.15, -0.1) is 12.4 Å². The first kappa shape index (κ1) is 16.2. The van der Waals surface area contributed by atoms with Gasteiger partial charge < -0.3 is 5.32 Å². The lowest BCUT2D eigenvalue weighted by molar-refractivity contribution is 0.153. The summed E-state index contributed by atoms with van der Waals surface area (Å²) in [5.74, 6) is 0. The molecule has 21 heavy (non-hydrogen) atoms. The molecule has 2 heterocycles. The first-order valence-electron chi connectivity index (χ1n) is 6.92. The molecular formula is C16H19Cl2N3. The van der Waals surface area contributed by atoms with Gasteiger partial charge in [0.25, 0.3) is 0 Å². The number of hydrogen-bond acceptors (Lipinski definition) is 3. The van der Waals surface area contributed by atoms with E-state index in [1.54, 1.807) is 0 Å². The second-order valence-electron chi connectivity index (χ2n) is 5.11. The molecule has 0 bridgehead atoms. The van der Waals surface area contributed by atoms with Crippen molar-refractivity contribution < 1.29 is 0 Å². The van der Waals surface area contributed by atoms with Gasteiger partial charge >= 0.3 is 0 Å². The molecule has 0 saturated carbocycles. The van der Waals surface area contributed by atoms with Crippen molar-refractivity contribution in [3.63, 3.8) is 0 Å². The Morgan fingerprint density at radius 2 is 2.19 bits per heavy atom. The van der Waals surface area contributed by atoms with Crippen LogP contribution in [0.25, 0.3) is 0 Å². The lowest BCUT2D eigenvalue weighted by Crippen LogP contribution is -2.45. The third-order valence-corrected chi connectivity index (χ3v) is 3.93. The highest BCUT2D eigenvalue weighted by atomic mass is 35.5. The zero-order valence-electron chi connectivity index (χ0n) is 11.7. The molecular weight excluding hydrogens is 305 g/mol. The van der Waals surface area contributed by atoms with Gasteiger partial charge in [0, 0.05) is 49.6 Å². The van der Waals surface area contributed by atoms with Crippen LogP contribution in [0.4, 0.5) is 0 Å². The molecule has 0 spiro atoms. The van der Waals surface area contributed by atoms with E-state index in [4.69, 9.17) is 11.6 Å². The molecule has 1 aliphatic heterocycles. The summed E-state index contributed by atoms with van der Waals surface area (Å²) in [6.07, 6.45) is 3.78. The summed E-state index contributed by atoms with van der Waals surface area (Å²) in [6.45, 7) is 3.94. The van der Waals surface area contributed by atoms with Gasteiger partial charge in [0.05, 0.1) is 0 Å². The molecule has 0 aliphatic carbocycles. The van der Waals surface area contributed by atoms with Gasteiger partial charge in [-0.25, -0.2) is 0 Å². The fraction of sp³-hybridized carbons (Fsp3) is 0.312. The summed E-state index contributed by atoms with van der Waals surface area (Å²) in [7, 11) is 0. The normalized spacial score (nSPS) is 19.0. The average molecular weight is 324 g/mol. The van der Waals surface area contributed by atoms with Crippen LogP contribution in [0.15, 0.2) is 48.8 Å². The van der Waals surface area contributed by atoms with E-state index in [0.717, 1.165) is 31.2 Å². The molecule has 1 saturated heterocycles. The Morgan fingerprint density at radius 3 is 2.95 bits per heavy atom. The molecule has 3 rings (SSSR count). The molecule has 3 nitrogen and oxygen atoms in total. The highest BCUT2D eigenvalue weighted by molar-refractivity contribution is 6.30. The standard InChI is InChI=1S/C16H18ClN3.ClH/c17-15-5-1-3-13(9-15)12-20-8-7-19-11-16(20)14-4-2-6-18-10-14;/h1-6,9-10,16,19H,7-8,11-12H2;1H. The Labute approximate surface area is 136 Å². The van der Waals surface area contributed by atoms with Crippen LogP contribution in [0.1, 0.15) is 17.2 Å². The molecule has 1 unspecified atom stereocenters. The van der Waals surface area contributed by atoms with Gasteiger partial charge in [-0.2, -0.15) is 0 Å². The predicted molar refractivity (Wildman–Crippen MR) is 89.0 cm³/mol. The van der Waals surface area contributed by atoms with Gasteiger partial charge in [0.1, 0.15) is 0 Å². The van der Waals surface area contributed by atoms with E-state index in [-0.39, 0.29) is 12.4 Å². The Morgan fingerprint density at radius 1 is 1.29 bits per heavy atom. The second kappa shape index (κ2) is 7.76. The van der Waals surface area contributed by atoms with E-state index in [2.05, 4.69) is 27.3 Å². The third-order valence-electron chi connectivity index (χ3n) is 3.70. The summed E-state index contributed by atoms with van der Waals surface area (Å²) in [5, 5.41) is 4.27. The number of aromatic nitrogens is 1. The molecule has 0 radical (unpaired) electrons. The fourth-order valence-corrected chi connectivity index (χ4v) is 2.92. The van der Waals surface area contributed by atoms with Gasteiger partial charge in [-0.3, -0.25) is 9.88 Å². The minimum absolute atomic E-state index is 0. The molecule has 1 atom stereocenters. The van der Waals surface area contributed by atoms with Crippen molar-refractivity contribution in [3.05, 3.63) is 64.9 Å². The number of nitrogens with one attached hydrogen (secondary N) is 1. The first-order chi connectivity index (χ1) is 9.83. The highest BCUT2D eigenvalue weighted by Gasteiger charge is 2.23. The Kier molecular flexibility index (Phi) is 6.00. The van der Waals surface area contributed by atoms with E-state index in [0.29, 0.717) is 6.04 Å². The molecule has 1 aromatic carbocycles. The topological polar surface area (TPSA) is 28.2 Å². The SMILES string of the molecule is Cl.Clc1cccc(CN2CCNCC2c2cccnc2)c1. The van der Waals surface area contributed by atoms with Crippen molar-refractivity contribution in [1.29, 1.82) is 0 Å². The maximum absolute atomic E-state index is 6.08. The van der Waals surface area contributed by atoms with Crippen LogP contribution in [0, 0.1) is 0 Å². The highest BCUT2D eigenvalue weighted by Crippen LogP contribution is 2.24. The summed E-state index contributed by atoms with van der Waals surface area (Å²) < 4.78 is 0. The lowest BCUT2D eigenvalue weighted by atomic mass is 10.0. The van der Waals surface area contributed by atoms with Crippen molar-refractivity contribution in [2.45, 2.75) is 12.6 Å². The number of nitrogens with zero attached hydrogens (tertiary/aromatic N) is 2. The lowest BCUT2D eigenvalue weighted by Gasteiger charge is -2.36. The quantitative estimate of drug-likeness (QED) is 0.939. The van der Waals surface area contributed by atoms with Crippen LogP contribution in [0.3, 0.4) is 0 Å². The third kappa shape index (κ3) is 4.17. The van der Waals surface area contributed by atoms with Crippen molar-refractivity contribution >= 4 is 24.0 Å². The van der Waals surface area contributed by atoms with Gasteiger partial charge in [0.2, 0.25) is 0 Å². The maximum Gasteiger partial charge on any atom is 0.0491 e. The van der Waals surface area contributed by atoms with Gasteiger partial charge in [0.15, 0.2) is 0 Å². The zero-order chi connectivity index (χ0) is 13.8. The van der Waals surface area contributed by atoms with E-state index in [1.807, 2.05) is 36.7 Å². The summed E-state index contributed by atoms with van der Waals surface area (Å²) in [6, 6.07) is 12.6. The summed E-state index contributed by atoms with van der Waals surface area (Å²) in [5.41, 5.74) is 2.52. The molecule has 1 N–H and O–H groups in total. The largest absolute Gasteiger partial charge is 0.314 e. The molecule has 1 fully saturated rings. The number of pyridine rings is 1. The van der Waals surface area contributed by atoms with E-state index < -0.39 is 0 Å². The van der Waals surface area contributed by atoms with Crippen LogP contribution in [-0.4, -0.2) is 29.5 Å². The molecule has 112 valence electrons. The minimum Gasteiger partial charge on any atom is -0.314 e. The molecule has 0 amide bonds. The predicted octanol–water partition coefficient (Wildman–Crippen LogP) is 3.30. The second-order valence-corrected chi connectivity index (χ2v) is 5.54. The Balaban J connectivity index is 0.00000161. The molecule has 1 aromatic heterocycles. The van der Waals surface area contributed by atoms with Gasteiger partial charge in [-0.1, -0.05) is 29.8 Å². The van der Waals surface area contributed by atoms with Crippen molar-refractivity contribution in [2.24, 2.45) is 0 Å². The van der Waals surface area contributed by atoms with Crippen LogP contribution in [0.5, 0.6) is 0 Å².